The minimum absolute atomic E-state index is 0.152. The van der Waals surface area contributed by atoms with E-state index in [0.29, 0.717) is 12.2 Å². The third-order valence-electron chi connectivity index (χ3n) is 4.66. The molecule has 3 aromatic rings. The van der Waals surface area contributed by atoms with E-state index >= 15 is 0 Å². The lowest BCUT2D eigenvalue weighted by Crippen LogP contribution is -2.22. The highest BCUT2D eigenvalue weighted by Crippen LogP contribution is 2.23. The van der Waals surface area contributed by atoms with E-state index in [0.717, 1.165) is 34.6 Å². The molecule has 5 heteroatoms. The number of esters is 1. The quantitative estimate of drug-likeness (QED) is 0.553. The largest absolute Gasteiger partial charge is 0.461 e. The molecule has 150 valence electrons. The van der Waals surface area contributed by atoms with Crippen molar-refractivity contribution in [2.45, 2.75) is 33.1 Å². The van der Waals surface area contributed by atoms with E-state index in [2.05, 4.69) is 5.32 Å². The molecule has 1 N–H and O–H groups in total. The number of hydrogen-bond acceptors (Lipinski definition) is 4. The highest BCUT2D eigenvalue weighted by atomic mass is 16.5. The lowest BCUT2D eigenvalue weighted by Gasteiger charge is -2.13. The minimum Gasteiger partial charge on any atom is -0.461 e. The van der Waals surface area contributed by atoms with Crippen LogP contribution in [0, 0.1) is 6.92 Å². The summed E-state index contributed by atoms with van der Waals surface area (Å²) in [6.07, 6.45) is 1.38. The van der Waals surface area contributed by atoms with Gasteiger partial charge >= 0.3 is 5.97 Å². The van der Waals surface area contributed by atoms with Crippen LogP contribution in [0.4, 0.5) is 5.69 Å². The summed E-state index contributed by atoms with van der Waals surface area (Å²) in [5.41, 5.74) is 3.81. The Kier molecular flexibility index (Phi) is 6.85. The molecule has 0 aliphatic heterocycles. The Morgan fingerprint density at radius 1 is 1.00 bits per heavy atom. The zero-order chi connectivity index (χ0) is 20.6. The van der Waals surface area contributed by atoms with Crippen molar-refractivity contribution in [1.29, 1.82) is 0 Å². The molecule has 2 aromatic carbocycles. The third kappa shape index (κ3) is 5.57. The molecule has 1 amide bonds. The van der Waals surface area contributed by atoms with Gasteiger partial charge in [-0.05, 0) is 36.6 Å². The first kappa shape index (κ1) is 20.4. The van der Waals surface area contributed by atoms with Crippen molar-refractivity contribution < 1.29 is 18.7 Å². The number of hydrogen-bond donors (Lipinski definition) is 1. The second-order valence-corrected chi connectivity index (χ2v) is 6.80. The van der Waals surface area contributed by atoms with Crippen LogP contribution in [0.5, 0.6) is 0 Å². The number of nitrogens with one attached hydrogen (secondary N) is 1. The van der Waals surface area contributed by atoms with Gasteiger partial charge in [0.25, 0.3) is 5.91 Å². The van der Waals surface area contributed by atoms with Crippen LogP contribution in [0.25, 0.3) is 11.3 Å². The molecular formula is C24H25NO4. The number of benzene rings is 2. The van der Waals surface area contributed by atoms with E-state index in [9.17, 15) is 9.59 Å². The highest BCUT2D eigenvalue weighted by molar-refractivity contribution is 5.94. The summed E-state index contributed by atoms with van der Waals surface area (Å²) in [5.74, 6) is 0.695. The van der Waals surface area contributed by atoms with Crippen molar-refractivity contribution in [1.82, 2.24) is 0 Å². The number of ether oxygens (including phenoxy) is 1. The molecule has 29 heavy (non-hydrogen) atoms. The fourth-order valence-electron chi connectivity index (χ4n) is 3.09. The number of aryl methyl sites for hydroxylation is 3. The number of amides is 1. The summed E-state index contributed by atoms with van der Waals surface area (Å²) in [6, 6.07) is 19.4. The van der Waals surface area contributed by atoms with Gasteiger partial charge in [0.05, 0.1) is 6.42 Å². The van der Waals surface area contributed by atoms with E-state index in [-0.39, 0.29) is 18.9 Å². The number of anilines is 1. The SMILES string of the molecule is CCc1cccc(C)c1NC(=O)COC(=O)CCc1ccc(-c2ccccc2)o1. The number of furan rings is 1. The first-order valence-electron chi connectivity index (χ1n) is 9.75. The predicted molar refractivity (Wildman–Crippen MR) is 113 cm³/mol. The number of rotatable bonds is 8. The summed E-state index contributed by atoms with van der Waals surface area (Å²) in [4.78, 5) is 24.2. The van der Waals surface area contributed by atoms with E-state index in [4.69, 9.17) is 9.15 Å². The van der Waals surface area contributed by atoms with E-state index in [1.807, 2.05) is 74.5 Å². The Bertz CT molecular complexity index is 976. The summed E-state index contributed by atoms with van der Waals surface area (Å²) in [5, 5.41) is 2.85. The fourth-order valence-corrected chi connectivity index (χ4v) is 3.09. The van der Waals surface area contributed by atoms with Gasteiger partial charge in [-0.2, -0.15) is 0 Å². The van der Waals surface area contributed by atoms with Gasteiger partial charge in [-0.25, -0.2) is 0 Å². The molecule has 1 aromatic heterocycles. The Morgan fingerprint density at radius 3 is 2.55 bits per heavy atom. The van der Waals surface area contributed by atoms with E-state index in [1.54, 1.807) is 0 Å². The van der Waals surface area contributed by atoms with Crippen LogP contribution < -0.4 is 5.32 Å². The first-order valence-corrected chi connectivity index (χ1v) is 9.75. The van der Waals surface area contributed by atoms with E-state index < -0.39 is 5.97 Å². The Morgan fingerprint density at radius 2 is 1.79 bits per heavy atom. The summed E-state index contributed by atoms with van der Waals surface area (Å²) in [7, 11) is 0. The fraction of sp³-hybridized carbons (Fsp3) is 0.250. The third-order valence-corrected chi connectivity index (χ3v) is 4.66. The summed E-state index contributed by atoms with van der Waals surface area (Å²) >= 11 is 0. The highest BCUT2D eigenvalue weighted by Gasteiger charge is 2.12. The second kappa shape index (κ2) is 9.73. The van der Waals surface area contributed by atoms with Crippen molar-refractivity contribution in [2.24, 2.45) is 0 Å². The molecule has 0 aliphatic rings. The number of carbonyl (C=O) groups excluding carboxylic acids is 2. The maximum atomic E-state index is 12.2. The Labute approximate surface area is 170 Å². The molecule has 0 aliphatic carbocycles. The number of para-hydroxylation sites is 1. The average molecular weight is 391 g/mol. The minimum atomic E-state index is -0.432. The van der Waals surface area contributed by atoms with Gasteiger partial charge in [0.15, 0.2) is 6.61 Å². The molecule has 0 atom stereocenters. The molecule has 0 saturated carbocycles. The van der Waals surface area contributed by atoms with Gasteiger partial charge in [0, 0.05) is 17.7 Å². The van der Waals surface area contributed by atoms with Crippen molar-refractivity contribution in [3.8, 4) is 11.3 Å². The van der Waals surface area contributed by atoms with Gasteiger partial charge in [0.1, 0.15) is 11.5 Å². The second-order valence-electron chi connectivity index (χ2n) is 6.80. The summed E-state index contributed by atoms with van der Waals surface area (Å²) < 4.78 is 10.9. The van der Waals surface area contributed by atoms with Gasteiger partial charge in [-0.15, -0.1) is 0 Å². The zero-order valence-electron chi connectivity index (χ0n) is 16.7. The van der Waals surface area contributed by atoms with Crippen molar-refractivity contribution in [3.63, 3.8) is 0 Å². The Hall–Kier alpha value is -3.34. The zero-order valence-corrected chi connectivity index (χ0v) is 16.7. The van der Waals surface area contributed by atoms with Crippen LogP contribution in [0.15, 0.2) is 65.1 Å². The van der Waals surface area contributed by atoms with Gasteiger partial charge in [-0.1, -0.05) is 55.5 Å². The number of carbonyl (C=O) groups is 2. The molecule has 0 unspecified atom stereocenters. The lowest BCUT2D eigenvalue weighted by molar-refractivity contribution is -0.147. The van der Waals surface area contributed by atoms with Crippen molar-refractivity contribution in [2.75, 3.05) is 11.9 Å². The molecule has 5 nitrogen and oxygen atoms in total. The van der Waals surface area contributed by atoms with Gasteiger partial charge < -0.3 is 14.5 Å². The Balaban J connectivity index is 1.46. The molecule has 1 heterocycles. The first-order chi connectivity index (χ1) is 14.1. The molecule has 0 saturated heterocycles. The molecule has 0 spiro atoms. The molecule has 0 radical (unpaired) electrons. The molecular weight excluding hydrogens is 366 g/mol. The smallest absolute Gasteiger partial charge is 0.306 e. The lowest BCUT2D eigenvalue weighted by atomic mass is 10.1. The van der Waals surface area contributed by atoms with Crippen LogP contribution in [-0.2, 0) is 27.2 Å². The van der Waals surface area contributed by atoms with Crippen molar-refractivity contribution >= 4 is 17.6 Å². The topological polar surface area (TPSA) is 68.5 Å². The van der Waals surface area contributed by atoms with Crippen LogP contribution in [-0.4, -0.2) is 18.5 Å². The molecule has 0 bridgehead atoms. The predicted octanol–water partition coefficient (Wildman–Crippen LogP) is 4.93. The van der Waals surface area contributed by atoms with Crippen LogP contribution in [0.2, 0.25) is 0 Å². The van der Waals surface area contributed by atoms with Crippen LogP contribution in [0.1, 0.15) is 30.2 Å². The summed E-state index contributed by atoms with van der Waals surface area (Å²) in [6.45, 7) is 3.67. The van der Waals surface area contributed by atoms with Crippen molar-refractivity contribution in [3.05, 3.63) is 77.6 Å². The normalized spacial score (nSPS) is 10.6. The average Bonchev–Trinajstić information content (AvgIpc) is 3.22. The van der Waals surface area contributed by atoms with Crippen LogP contribution in [0.3, 0.4) is 0 Å². The molecule has 0 fully saturated rings. The molecule has 3 rings (SSSR count). The van der Waals surface area contributed by atoms with Gasteiger partial charge in [0.2, 0.25) is 0 Å². The standard InChI is InChI=1S/C24H25NO4/c1-3-18-11-7-8-17(2)24(18)25-22(26)16-28-23(27)15-13-20-12-14-21(29-20)19-9-5-4-6-10-19/h4-12,14H,3,13,15-16H2,1-2H3,(H,25,26). The van der Waals surface area contributed by atoms with E-state index in [1.165, 1.54) is 0 Å². The van der Waals surface area contributed by atoms with Gasteiger partial charge in [-0.3, -0.25) is 9.59 Å². The maximum absolute atomic E-state index is 12.2. The maximum Gasteiger partial charge on any atom is 0.306 e. The monoisotopic (exact) mass is 391 g/mol. The van der Waals surface area contributed by atoms with Crippen LogP contribution >= 0.6 is 0 Å².